The van der Waals surface area contributed by atoms with E-state index < -0.39 is 0 Å². The standard InChI is InChI=1S/C17H18N4O/c1-11(17-20-14-4-2-3-5-15(14)21-17)19-16(22)10-12-6-8-13(18)9-7-12/h2-9,11H,10,18H2,1H3,(H,19,22)(H,20,21). The summed E-state index contributed by atoms with van der Waals surface area (Å²) < 4.78 is 0. The molecule has 0 fully saturated rings. The second kappa shape index (κ2) is 5.89. The van der Waals surface area contributed by atoms with E-state index in [-0.39, 0.29) is 11.9 Å². The van der Waals surface area contributed by atoms with E-state index in [4.69, 9.17) is 5.73 Å². The van der Waals surface area contributed by atoms with E-state index in [0.717, 1.165) is 22.4 Å². The van der Waals surface area contributed by atoms with Gasteiger partial charge in [-0.25, -0.2) is 4.98 Å². The van der Waals surface area contributed by atoms with E-state index in [2.05, 4.69) is 15.3 Å². The summed E-state index contributed by atoms with van der Waals surface area (Å²) in [5.74, 6) is 0.713. The van der Waals surface area contributed by atoms with Crippen LogP contribution in [-0.4, -0.2) is 15.9 Å². The fourth-order valence-corrected chi connectivity index (χ4v) is 2.36. The number of carbonyl (C=O) groups is 1. The highest BCUT2D eigenvalue weighted by Gasteiger charge is 2.13. The summed E-state index contributed by atoms with van der Waals surface area (Å²) in [6, 6.07) is 14.9. The maximum Gasteiger partial charge on any atom is 0.224 e. The number of aromatic nitrogens is 2. The molecule has 3 aromatic rings. The monoisotopic (exact) mass is 294 g/mol. The number of nitrogens with two attached hydrogens (primary N) is 1. The molecule has 0 aliphatic carbocycles. The highest BCUT2D eigenvalue weighted by Crippen LogP contribution is 2.15. The van der Waals surface area contributed by atoms with Gasteiger partial charge < -0.3 is 16.0 Å². The molecule has 1 amide bonds. The zero-order chi connectivity index (χ0) is 15.5. The van der Waals surface area contributed by atoms with Crippen LogP contribution >= 0.6 is 0 Å². The summed E-state index contributed by atoms with van der Waals surface area (Å²) in [4.78, 5) is 19.8. The van der Waals surface area contributed by atoms with Crippen molar-refractivity contribution in [2.75, 3.05) is 5.73 Å². The van der Waals surface area contributed by atoms with Gasteiger partial charge in [-0.05, 0) is 36.8 Å². The predicted octanol–water partition coefficient (Wildman–Crippen LogP) is 2.57. The number of nitrogens with zero attached hydrogens (tertiary/aromatic N) is 1. The molecule has 0 bridgehead atoms. The number of nitrogen functional groups attached to an aromatic ring is 1. The first-order chi connectivity index (χ1) is 10.6. The van der Waals surface area contributed by atoms with Crippen LogP contribution in [0.4, 0.5) is 5.69 Å². The van der Waals surface area contributed by atoms with Crippen molar-refractivity contribution in [3.05, 3.63) is 59.9 Å². The third kappa shape index (κ3) is 3.09. The molecule has 1 unspecified atom stereocenters. The van der Waals surface area contributed by atoms with Crippen molar-refractivity contribution in [2.24, 2.45) is 0 Å². The van der Waals surface area contributed by atoms with Crippen molar-refractivity contribution in [3.63, 3.8) is 0 Å². The van der Waals surface area contributed by atoms with Crippen LogP contribution in [0.2, 0.25) is 0 Å². The van der Waals surface area contributed by atoms with Crippen LogP contribution in [0.15, 0.2) is 48.5 Å². The Morgan fingerprint density at radius 2 is 1.95 bits per heavy atom. The number of hydrogen-bond donors (Lipinski definition) is 3. The maximum atomic E-state index is 12.1. The molecular formula is C17H18N4O. The lowest BCUT2D eigenvalue weighted by Crippen LogP contribution is -2.28. The summed E-state index contributed by atoms with van der Waals surface area (Å²) in [5, 5.41) is 2.96. The Bertz CT molecular complexity index is 759. The molecule has 4 N–H and O–H groups in total. The number of aromatic amines is 1. The Balaban J connectivity index is 1.66. The van der Waals surface area contributed by atoms with Gasteiger partial charge in [0.05, 0.1) is 23.5 Å². The Hall–Kier alpha value is -2.82. The molecule has 22 heavy (non-hydrogen) atoms. The van der Waals surface area contributed by atoms with Crippen LogP contribution in [0.25, 0.3) is 11.0 Å². The van der Waals surface area contributed by atoms with Gasteiger partial charge in [0, 0.05) is 5.69 Å². The van der Waals surface area contributed by atoms with Gasteiger partial charge in [0.1, 0.15) is 5.82 Å². The summed E-state index contributed by atoms with van der Waals surface area (Å²) >= 11 is 0. The van der Waals surface area contributed by atoms with E-state index in [1.54, 1.807) is 12.1 Å². The lowest BCUT2D eigenvalue weighted by Gasteiger charge is -2.11. The van der Waals surface area contributed by atoms with Crippen molar-refractivity contribution in [1.29, 1.82) is 0 Å². The minimum atomic E-state index is -0.173. The molecular weight excluding hydrogens is 276 g/mol. The number of rotatable bonds is 4. The van der Waals surface area contributed by atoms with Gasteiger partial charge in [0.25, 0.3) is 0 Å². The van der Waals surface area contributed by atoms with Gasteiger partial charge in [0.2, 0.25) is 5.91 Å². The summed E-state index contributed by atoms with van der Waals surface area (Å²) in [5.41, 5.74) is 9.14. The Morgan fingerprint density at radius 1 is 1.23 bits per heavy atom. The third-order valence-corrected chi connectivity index (χ3v) is 3.54. The van der Waals surface area contributed by atoms with Crippen molar-refractivity contribution >= 4 is 22.6 Å². The van der Waals surface area contributed by atoms with Crippen LogP contribution in [-0.2, 0) is 11.2 Å². The van der Waals surface area contributed by atoms with Crippen molar-refractivity contribution in [2.45, 2.75) is 19.4 Å². The number of fused-ring (bicyclic) bond motifs is 1. The SMILES string of the molecule is CC(NC(=O)Cc1ccc(N)cc1)c1nc2ccccc2[nH]1. The topological polar surface area (TPSA) is 83.8 Å². The zero-order valence-electron chi connectivity index (χ0n) is 12.3. The largest absolute Gasteiger partial charge is 0.399 e. The molecule has 1 aromatic heterocycles. The molecule has 1 atom stereocenters. The number of nitrogens with one attached hydrogen (secondary N) is 2. The number of para-hydroxylation sites is 2. The van der Waals surface area contributed by atoms with Gasteiger partial charge in [-0.3, -0.25) is 4.79 Å². The zero-order valence-corrected chi connectivity index (χ0v) is 12.3. The number of hydrogen-bond acceptors (Lipinski definition) is 3. The number of amides is 1. The highest BCUT2D eigenvalue weighted by atomic mass is 16.1. The second-order valence-electron chi connectivity index (χ2n) is 5.35. The number of carbonyl (C=O) groups excluding carboxylic acids is 1. The molecule has 0 radical (unpaired) electrons. The molecule has 5 nitrogen and oxygen atoms in total. The Kier molecular flexibility index (Phi) is 3.78. The van der Waals surface area contributed by atoms with Gasteiger partial charge in [-0.2, -0.15) is 0 Å². The summed E-state index contributed by atoms with van der Waals surface area (Å²) in [7, 11) is 0. The van der Waals surface area contributed by atoms with E-state index in [1.165, 1.54) is 0 Å². The summed E-state index contributed by atoms with van der Waals surface area (Å²) in [6.45, 7) is 1.92. The molecule has 5 heteroatoms. The first kappa shape index (κ1) is 14.1. The first-order valence-electron chi connectivity index (χ1n) is 7.20. The molecule has 0 aliphatic rings. The van der Waals surface area contributed by atoms with Gasteiger partial charge in [0.15, 0.2) is 0 Å². The van der Waals surface area contributed by atoms with E-state index in [1.807, 2.05) is 43.3 Å². The van der Waals surface area contributed by atoms with Crippen LogP contribution in [0.1, 0.15) is 24.4 Å². The molecule has 2 aromatic carbocycles. The smallest absolute Gasteiger partial charge is 0.224 e. The molecule has 0 spiro atoms. The minimum Gasteiger partial charge on any atom is -0.399 e. The van der Waals surface area contributed by atoms with E-state index >= 15 is 0 Å². The average molecular weight is 294 g/mol. The van der Waals surface area contributed by atoms with Crippen molar-refractivity contribution in [3.8, 4) is 0 Å². The molecule has 0 aliphatic heterocycles. The lowest BCUT2D eigenvalue weighted by molar-refractivity contribution is -0.121. The quantitative estimate of drug-likeness (QED) is 0.647. The highest BCUT2D eigenvalue weighted by molar-refractivity contribution is 5.79. The third-order valence-electron chi connectivity index (χ3n) is 3.54. The summed E-state index contributed by atoms with van der Waals surface area (Å²) in [6.07, 6.45) is 0.324. The number of benzene rings is 2. The normalized spacial score (nSPS) is 12.2. The van der Waals surface area contributed by atoms with Crippen LogP contribution in [0.5, 0.6) is 0 Å². The average Bonchev–Trinajstić information content (AvgIpc) is 2.93. The number of imidazole rings is 1. The van der Waals surface area contributed by atoms with Crippen LogP contribution in [0.3, 0.4) is 0 Å². The second-order valence-corrected chi connectivity index (χ2v) is 5.35. The van der Waals surface area contributed by atoms with E-state index in [0.29, 0.717) is 12.1 Å². The van der Waals surface area contributed by atoms with Gasteiger partial charge in [-0.15, -0.1) is 0 Å². The number of H-pyrrole nitrogens is 1. The van der Waals surface area contributed by atoms with Crippen LogP contribution < -0.4 is 11.1 Å². The first-order valence-corrected chi connectivity index (χ1v) is 7.20. The minimum absolute atomic E-state index is 0.0438. The molecule has 1 heterocycles. The number of anilines is 1. The Morgan fingerprint density at radius 3 is 2.68 bits per heavy atom. The molecule has 3 rings (SSSR count). The molecule has 0 saturated carbocycles. The Labute approximate surface area is 128 Å². The van der Waals surface area contributed by atoms with Gasteiger partial charge in [-0.1, -0.05) is 24.3 Å². The van der Waals surface area contributed by atoms with Crippen molar-refractivity contribution in [1.82, 2.24) is 15.3 Å². The molecule has 0 saturated heterocycles. The fraction of sp³-hybridized carbons (Fsp3) is 0.176. The maximum absolute atomic E-state index is 12.1. The van der Waals surface area contributed by atoms with Crippen molar-refractivity contribution < 1.29 is 4.79 Å². The van der Waals surface area contributed by atoms with Gasteiger partial charge >= 0.3 is 0 Å². The predicted molar refractivity (Wildman–Crippen MR) is 87.2 cm³/mol. The molecule has 112 valence electrons. The lowest BCUT2D eigenvalue weighted by atomic mass is 10.1. The fourth-order valence-electron chi connectivity index (χ4n) is 2.36. The van der Waals surface area contributed by atoms with Crippen LogP contribution in [0, 0.1) is 0 Å². The van der Waals surface area contributed by atoms with E-state index in [9.17, 15) is 4.79 Å².